The number of hydrogen-bond acceptors (Lipinski definition) is 7. The number of sulfonamides is 1. The molecular formula is C23H35Cl2N5O6S. The van der Waals surface area contributed by atoms with Crippen molar-refractivity contribution < 1.29 is 27.5 Å². The van der Waals surface area contributed by atoms with E-state index in [0.29, 0.717) is 24.9 Å². The molecule has 0 spiro atoms. The molecule has 0 aromatic heterocycles. The molecule has 0 aliphatic carbocycles. The van der Waals surface area contributed by atoms with Crippen LogP contribution < -0.4 is 20.8 Å². The molecule has 4 N–H and O–H groups in total. The minimum Gasteiger partial charge on any atom is -0.444 e. The van der Waals surface area contributed by atoms with Crippen molar-refractivity contribution in [2.75, 3.05) is 25.0 Å². The first-order valence-corrected chi connectivity index (χ1v) is 14.2. The monoisotopic (exact) mass is 579 g/mol. The van der Waals surface area contributed by atoms with Gasteiger partial charge in [-0.3, -0.25) is 14.6 Å². The number of halogens is 2. The van der Waals surface area contributed by atoms with Crippen LogP contribution in [0.25, 0.3) is 0 Å². The van der Waals surface area contributed by atoms with E-state index in [-0.39, 0.29) is 23.7 Å². The number of nitrogens with zero attached hydrogens (tertiary/aromatic N) is 1. The summed E-state index contributed by atoms with van der Waals surface area (Å²) in [5, 5.41) is 4.82. The molecule has 208 valence electrons. The van der Waals surface area contributed by atoms with Crippen LogP contribution in [0.1, 0.15) is 46.1 Å². The van der Waals surface area contributed by atoms with Crippen LogP contribution in [0.3, 0.4) is 0 Å². The fourth-order valence-corrected chi connectivity index (χ4v) is 5.07. The van der Waals surface area contributed by atoms with Gasteiger partial charge in [-0.25, -0.2) is 23.4 Å². The van der Waals surface area contributed by atoms with Crippen LogP contribution in [0.15, 0.2) is 23.1 Å². The van der Waals surface area contributed by atoms with Crippen molar-refractivity contribution in [3.05, 3.63) is 23.8 Å². The average Bonchev–Trinajstić information content (AvgIpc) is 2.79. The summed E-state index contributed by atoms with van der Waals surface area (Å²) in [6, 6.07) is 3.59. The topological polar surface area (TPSA) is 146 Å². The van der Waals surface area contributed by atoms with Crippen molar-refractivity contribution in [3.63, 3.8) is 0 Å². The van der Waals surface area contributed by atoms with Crippen molar-refractivity contribution in [2.24, 2.45) is 0 Å². The van der Waals surface area contributed by atoms with E-state index in [1.807, 2.05) is 0 Å². The zero-order chi connectivity index (χ0) is 28.0. The van der Waals surface area contributed by atoms with Crippen molar-refractivity contribution in [1.29, 1.82) is 0 Å². The highest BCUT2D eigenvalue weighted by Gasteiger charge is 2.38. The highest BCUT2D eigenvalue weighted by atomic mass is 35.5. The van der Waals surface area contributed by atoms with E-state index < -0.39 is 50.3 Å². The van der Waals surface area contributed by atoms with E-state index in [4.69, 9.17) is 27.9 Å². The third-order valence-electron chi connectivity index (χ3n) is 5.32. The molecule has 0 saturated carbocycles. The van der Waals surface area contributed by atoms with Gasteiger partial charge in [-0.1, -0.05) is 6.07 Å². The molecule has 1 fully saturated rings. The maximum atomic E-state index is 12.9. The zero-order valence-electron chi connectivity index (χ0n) is 21.6. The molecule has 11 nitrogen and oxygen atoms in total. The van der Waals surface area contributed by atoms with Gasteiger partial charge in [0.1, 0.15) is 17.0 Å². The normalized spacial score (nSPS) is 19.3. The van der Waals surface area contributed by atoms with Crippen LogP contribution >= 0.6 is 23.2 Å². The van der Waals surface area contributed by atoms with Crippen LogP contribution in [0, 0.1) is 6.92 Å². The largest absolute Gasteiger partial charge is 0.444 e. The smallest absolute Gasteiger partial charge is 0.407 e. The number of amides is 3. The van der Waals surface area contributed by atoms with Crippen LogP contribution in [0.4, 0.5) is 10.5 Å². The molecule has 1 aromatic rings. The number of alkyl halides is 2. The number of carbonyl (C=O) groups is 3. The van der Waals surface area contributed by atoms with Crippen molar-refractivity contribution in [3.8, 4) is 0 Å². The molecule has 2 unspecified atom stereocenters. The Hall–Kier alpha value is -2.12. The first kappa shape index (κ1) is 31.1. The van der Waals surface area contributed by atoms with Crippen molar-refractivity contribution >= 4 is 56.8 Å². The van der Waals surface area contributed by atoms with Gasteiger partial charge in [0.05, 0.1) is 10.3 Å². The van der Waals surface area contributed by atoms with Gasteiger partial charge < -0.3 is 15.4 Å². The number of carbonyl (C=O) groups excluding carboxylic acids is 3. The molecule has 3 atom stereocenters. The predicted octanol–water partition coefficient (Wildman–Crippen LogP) is 2.47. The van der Waals surface area contributed by atoms with E-state index in [2.05, 4.69) is 20.8 Å². The van der Waals surface area contributed by atoms with Crippen LogP contribution in [-0.2, 0) is 24.3 Å². The summed E-state index contributed by atoms with van der Waals surface area (Å²) in [5.41, 5.74) is 2.95. The van der Waals surface area contributed by atoms with Gasteiger partial charge in [-0.2, -0.15) is 0 Å². The van der Waals surface area contributed by atoms with Gasteiger partial charge >= 0.3 is 6.09 Å². The number of unbranched alkanes of at least 4 members (excludes halogenated alkanes) is 1. The Morgan fingerprint density at radius 1 is 1.22 bits per heavy atom. The Morgan fingerprint density at radius 2 is 1.86 bits per heavy atom. The zero-order valence-corrected chi connectivity index (χ0v) is 23.9. The van der Waals surface area contributed by atoms with Gasteiger partial charge in [-0.15, -0.1) is 23.2 Å². The van der Waals surface area contributed by atoms with E-state index in [9.17, 15) is 22.8 Å². The summed E-state index contributed by atoms with van der Waals surface area (Å²) < 4.78 is 33.4. The lowest BCUT2D eigenvalue weighted by Gasteiger charge is -2.36. The Kier molecular flexibility index (Phi) is 11.0. The second kappa shape index (κ2) is 13.1. The molecule has 37 heavy (non-hydrogen) atoms. The number of ether oxygens (including phenoxy) is 1. The second-order valence-electron chi connectivity index (χ2n) is 9.67. The molecule has 0 radical (unpaired) electrons. The maximum absolute atomic E-state index is 12.9. The summed E-state index contributed by atoms with van der Waals surface area (Å²) in [4.78, 5) is 36.8. The van der Waals surface area contributed by atoms with E-state index in [1.54, 1.807) is 39.8 Å². The quantitative estimate of drug-likeness (QED) is 0.246. The number of aryl methyl sites for hydroxylation is 1. The molecule has 1 aliphatic rings. The number of hydrogen-bond donors (Lipinski definition) is 4. The Balaban J connectivity index is 1.92. The second-order valence-corrected chi connectivity index (χ2v) is 12.4. The molecule has 1 aromatic carbocycles. The molecule has 1 saturated heterocycles. The summed E-state index contributed by atoms with van der Waals surface area (Å²) in [6.07, 6.45) is 0.512. The minimum absolute atomic E-state index is 0.0165. The van der Waals surface area contributed by atoms with Gasteiger partial charge in [0.2, 0.25) is 15.9 Å². The third-order valence-corrected chi connectivity index (χ3v) is 7.95. The average molecular weight is 581 g/mol. The van der Waals surface area contributed by atoms with E-state index >= 15 is 0 Å². The number of rotatable bonds is 10. The van der Waals surface area contributed by atoms with Gasteiger partial charge in [0, 0.05) is 25.3 Å². The number of hydrazine groups is 1. The first-order chi connectivity index (χ1) is 17.1. The minimum atomic E-state index is -3.86. The lowest BCUT2D eigenvalue weighted by molar-refractivity contribution is -0.143. The van der Waals surface area contributed by atoms with Crippen molar-refractivity contribution in [1.82, 2.24) is 20.5 Å². The highest BCUT2D eigenvalue weighted by molar-refractivity contribution is 7.89. The maximum Gasteiger partial charge on any atom is 0.407 e. The summed E-state index contributed by atoms with van der Waals surface area (Å²) in [5.74, 6) is -1.05. The molecular weight excluding hydrogens is 545 g/mol. The molecule has 14 heteroatoms. The van der Waals surface area contributed by atoms with Gasteiger partial charge in [-0.05, 0) is 65.2 Å². The summed E-state index contributed by atoms with van der Waals surface area (Å²) in [6.45, 7) is 9.19. The highest BCUT2D eigenvalue weighted by Crippen LogP contribution is 2.22. The first-order valence-electron chi connectivity index (χ1n) is 11.8. The third kappa shape index (κ3) is 9.29. The number of nitrogens with one attached hydrogen (secondary N) is 4. The SMILES string of the molecule is Cc1ccc(NC(=O)[C@@H](C)N2NCC(Cl)C(Cl)C2=O)cc1S(=O)(=O)NCCCCNC(=O)OC(C)(C)C. The van der Waals surface area contributed by atoms with Crippen LogP contribution in [0.2, 0.25) is 0 Å². The molecule has 3 amide bonds. The van der Waals surface area contributed by atoms with E-state index in [0.717, 1.165) is 5.01 Å². The van der Waals surface area contributed by atoms with Gasteiger partial charge in [0.25, 0.3) is 5.91 Å². The Bertz CT molecular complexity index is 1100. The molecule has 2 rings (SSSR count). The van der Waals surface area contributed by atoms with Crippen molar-refractivity contribution in [2.45, 2.75) is 74.8 Å². The lowest BCUT2D eigenvalue weighted by atomic mass is 10.2. The fourth-order valence-electron chi connectivity index (χ4n) is 3.35. The standard InChI is InChI=1S/C23H35Cl2N5O6S/c1-14-8-9-16(29-20(31)15(2)30-21(32)19(25)17(24)13-27-30)12-18(14)37(34,35)28-11-7-6-10-26-22(33)36-23(3,4)5/h8-9,12,15,17,19,27-28H,6-7,10-11,13H2,1-5H3,(H,26,33)(H,29,31)/t15-,17?,19?/m1/s1. The summed E-state index contributed by atoms with van der Waals surface area (Å²) in [7, 11) is -3.86. The Morgan fingerprint density at radius 3 is 2.51 bits per heavy atom. The summed E-state index contributed by atoms with van der Waals surface area (Å²) >= 11 is 12.0. The fraction of sp³-hybridized carbons (Fsp3) is 0.609. The molecule has 1 aliphatic heterocycles. The lowest BCUT2D eigenvalue weighted by Crippen LogP contribution is -2.62. The number of alkyl carbamates (subject to hydrolysis) is 1. The van der Waals surface area contributed by atoms with Crippen LogP contribution in [-0.4, -0.2) is 73.4 Å². The van der Waals surface area contributed by atoms with Crippen LogP contribution in [0.5, 0.6) is 0 Å². The van der Waals surface area contributed by atoms with Gasteiger partial charge in [0.15, 0.2) is 0 Å². The molecule has 0 bridgehead atoms. The molecule has 1 heterocycles. The Labute approximate surface area is 228 Å². The number of anilines is 1. The number of benzene rings is 1. The van der Waals surface area contributed by atoms with E-state index in [1.165, 1.54) is 13.0 Å². The predicted molar refractivity (Wildman–Crippen MR) is 142 cm³/mol.